The van der Waals surface area contributed by atoms with E-state index in [1.54, 1.807) is 11.1 Å². The zero-order chi connectivity index (χ0) is 7.68. The molecule has 0 N–H and O–H groups in total. The van der Waals surface area contributed by atoms with Gasteiger partial charge in [-0.15, -0.1) is 5.73 Å². The topological polar surface area (TPSA) is 0 Å². The van der Waals surface area contributed by atoms with Crippen molar-refractivity contribution < 1.29 is 0 Å². The minimum absolute atomic E-state index is 0.995. The van der Waals surface area contributed by atoms with Gasteiger partial charge in [-0.05, 0) is 56.3 Å². The van der Waals surface area contributed by atoms with Crippen molar-refractivity contribution in [2.75, 3.05) is 0 Å². The van der Waals surface area contributed by atoms with E-state index in [9.17, 15) is 0 Å². The van der Waals surface area contributed by atoms with E-state index in [0.717, 1.165) is 5.92 Å². The van der Waals surface area contributed by atoms with Gasteiger partial charge in [0, 0.05) is 0 Å². The van der Waals surface area contributed by atoms with Gasteiger partial charge in [-0.3, -0.25) is 0 Å². The van der Waals surface area contributed by atoms with Crippen molar-refractivity contribution in [1.82, 2.24) is 0 Å². The molecule has 0 aromatic heterocycles. The quantitative estimate of drug-likeness (QED) is 0.498. The van der Waals surface area contributed by atoms with Crippen molar-refractivity contribution in [2.45, 2.75) is 32.6 Å². The zero-order valence-electron chi connectivity index (χ0n) is 7.06. The summed E-state index contributed by atoms with van der Waals surface area (Å²) in [5.74, 6) is 0.995. The molecule has 0 radical (unpaired) electrons. The van der Waals surface area contributed by atoms with Crippen LogP contribution < -0.4 is 0 Å². The van der Waals surface area contributed by atoms with Gasteiger partial charge in [0.25, 0.3) is 0 Å². The highest BCUT2D eigenvalue weighted by molar-refractivity contribution is 5.33. The second-order valence-electron chi connectivity index (χ2n) is 3.54. The van der Waals surface area contributed by atoms with E-state index in [-0.39, 0.29) is 0 Å². The number of rotatable bonds is 1. The number of allylic oxidation sites excluding steroid dienone is 3. The van der Waals surface area contributed by atoms with Gasteiger partial charge in [-0.2, -0.15) is 0 Å². The minimum Gasteiger partial charge on any atom is -0.125 e. The molecule has 2 aliphatic rings. The third-order valence-electron chi connectivity index (χ3n) is 2.78. The molecule has 0 aliphatic heterocycles. The van der Waals surface area contributed by atoms with Gasteiger partial charge < -0.3 is 0 Å². The summed E-state index contributed by atoms with van der Waals surface area (Å²) in [6.45, 7) is 2.02. The molecule has 0 aromatic rings. The summed E-state index contributed by atoms with van der Waals surface area (Å²) >= 11 is 0. The van der Waals surface area contributed by atoms with Gasteiger partial charge in [0.1, 0.15) is 0 Å². The Morgan fingerprint density at radius 2 is 2.36 bits per heavy atom. The molecular weight excluding hydrogens is 132 g/mol. The monoisotopic (exact) mass is 146 g/mol. The molecule has 0 nitrogen and oxygen atoms in total. The molecule has 0 heteroatoms. The molecule has 1 unspecified atom stereocenters. The van der Waals surface area contributed by atoms with Crippen molar-refractivity contribution in [3.63, 3.8) is 0 Å². The summed E-state index contributed by atoms with van der Waals surface area (Å²) in [7, 11) is 0. The van der Waals surface area contributed by atoms with Crippen LogP contribution >= 0.6 is 0 Å². The van der Waals surface area contributed by atoms with Crippen LogP contribution in [0.1, 0.15) is 32.6 Å². The van der Waals surface area contributed by atoms with Crippen LogP contribution in [-0.2, 0) is 0 Å². The molecule has 0 spiro atoms. The fourth-order valence-electron chi connectivity index (χ4n) is 2.20. The van der Waals surface area contributed by atoms with Crippen LogP contribution in [0.5, 0.6) is 0 Å². The molecule has 0 amide bonds. The van der Waals surface area contributed by atoms with Gasteiger partial charge in [0.05, 0.1) is 0 Å². The van der Waals surface area contributed by atoms with Crippen LogP contribution in [0.15, 0.2) is 29.0 Å². The van der Waals surface area contributed by atoms with Crippen molar-refractivity contribution >= 4 is 0 Å². The fourth-order valence-corrected chi connectivity index (χ4v) is 2.20. The fraction of sp³-hybridized carbons (Fsp3) is 0.545. The maximum absolute atomic E-state index is 3.17. The van der Waals surface area contributed by atoms with Gasteiger partial charge >= 0.3 is 0 Å². The summed E-state index contributed by atoms with van der Waals surface area (Å²) in [6, 6.07) is 0. The summed E-state index contributed by atoms with van der Waals surface area (Å²) in [6.07, 6.45) is 9.69. The third kappa shape index (κ3) is 1.19. The van der Waals surface area contributed by atoms with Crippen LogP contribution in [0.25, 0.3) is 0 Å². The summed E-state index contributed by atoms with van der Waals surface area (Å²) < 4.78 is 0. The van der Waals surface area contributed by atoms with Crippen molar-refractivity contribution in [2.24, 2.45) is 5.92 Å². The van der Waals surface area contributed by atoms with Crippen LogP contribution in [-0.4, -0.2) is 0 Å². The molecule has 0 heterocycles. The number of hydrogen-bond acceptors (Lipinski definition) is 0. The standard InChI is InChI=1S/C11H14/c1-2-3-4-10-7-9-5-6-11(10)8-9/h2,4,9H,5-8H2,1H3. The largest absolute Gasteiger partial charge is 0.125 e. The van der Waals surface area contributed by atoms with Crippen LogP contribution in [0.3, 0.4) is 0 Å². The van der Waals surface area contributed by atoms with Gasteiger partial charge in [0.2, 0.25) is 0 Å². The average Bonchev–Trinajstić information content (AvgIpc) is 2.60. The highest BCUT2D eigenvalue weighted by Gasteiger charge is 2.28. The van der Waals surface area contributed by atoms with Gasteiger partial charge in [-0.25, -0.2) is 0 Å². The lowest BCUT2D eigenvalue weighted by atomic mass is 9.99. The van der Waals surface area contributed by atoms with E-state index in [0.29, 0.717) is 0 Å². The Labute approximate surface area is 68.3 Å². The molecule has 1 atom stereocenters. The maximum Gasteiger partial charge on any atom is -0.0171 e. The molecule has 11 heavy (non-hydrogen) atoms. The predicted octanol–water partition coefficient (Wildman–Crippen LogP) is 3.22. The van der Waals surface area contributed by atoms with E-state index in [4.69, 9.17) is 0 Å². The molecule has 2 bridgehead atoms. The first kappa shape index (κ1) is 6.94. The van der Waals surface area contributed by atoms with Gasteiger partial charge in [0.15, 0.2) is 0 Å². The summed E-state index contributed by atoms with van der Waals surface area (Å²) in [5, 5.41) is 0. The van der Waals surface area contributed by atoms with Crippen LogP contribution in [0, 0.1) is 5.92 Å². The SMILES string of the molecule is CC=C=CC1=C2CCC(C1)C2. The molecule has 1 fully saturated rings. The molecule has 58 valence electrons. The predicted molar refractivity (Wildman–Crippen MR) is 47.3 cm³/mol. The molecule has 0 aromatic carbocycles. The van der Waals surface area contributed by atoms with E-state index < -0.39 is 0 Å². The third-order valence-corrected chi connectivity index (χ3v) is 2.78. The Hall–Kier alpha value is -0.740. The second kappa shape index (κ2) is 2.71. The van der Waals surface area contributed by atoms with E-state index >= 15 is 0 Å². The maximum atomic E-state index is 3.17. The van der Waals surface area contributed by atoms with Crippen molar-refractivity contribution in [3.05, 3.63) is 29.0 Å². The molecule has 2 rings (SSSR count). The molecular formula is C11H14. The Balaban J connectivity index is 2.22. The number of fused-ring (bicyclic) bond motifs is 2. The first-order valence-electron chi connectivity index (χ1n) is 4.48. The second-order valence-corrected chi connectivity index (χ2v) is 3.54. The van der Waals surface area contributed by atoms with Crippen molar-refractivity contribution in [1.29, 1.82) is 0 Å². The van der Waals surface area contributed by atoms with E-state index in [1.807, 2.05) is 13.0 Å². The Kier molecular flexibility index (Phi) is 1.71. The Morgan fingerprint density at radius 3 is 2.91 bits per heavy atom. The van der Waals surface area contributed by atoms with Crippen molar-refractivity contribution in [3.8, 4) is 0 Å². The van der Waals surface area contributed by atoms with Crippen LogP contribution in [0.4, 0.5) is 0 Å². The minimum atomic E-state index is 0.995. The molecule has 0 saturated heterocycles. The van der Waals surface area contributed by atoms with Gasteiger partial charge in [-0.1, -0.05) is 5.57 Å². The van der Waals surface area contributed by atoms with Crippen LogP contribution in [0.2, 0.25) is 0 Å². The lowest BCUT2D eigenvalue weighted by Crippen LogP contribution is -1.91. The first-order chi connectivity index (χ1) is 5.40. The Bertz CT molecular complexity index is 249. The first-order valence-corrected chi connectivity index (χ1v) is 4.48. The van der Waals surface area contributed by atoms with E-state index in [2.05, 4.69) is 11.8 Å². The molecule has 1 saturated carbocycles. The smallest absolute Gasteiger partial charge is 0.0171 e. The Morgan fingerprint density at radius 1 is 1.45 bits per heavy atom. The highest BCUT2D eigenvalue weighted by Crippen LogP contribution is 2.44. The van der Waals surface area contributed by atoms with E-state index in [1.165, 1.54) is 25.7 Å². The molecule has 2 aliphatic carbocycles. The zero-order valence-corrected chi connectivity index (χ0v) is 7.06. The lowest BCUT2D eigenvalue weighted by molar-refractivity contribution is 0.568. The average molecular weight is 146 g/mol. The normalized spacial score (nSPS) is 27.2. The summed E-state index contributed by atoms with van der Waals surface area (Å²) in [5.41, 5.74) is 6.46. The number of hydrogen-bond donors (Lipinski definition) is 0. The lowest BCUT2D eigenvalue weighted by Gasteiger charge is -2.06. The highest BCUT2D eigenvalue weighted by atomic mass is 14.3. The summed E-state index contributed by atoms with van der Waals surface area (Å²) in [4.78, 5) is 0.